The number of methoxy groups -OCH3 is 2. The van der Waals surface area contributed by atoms with E-state index in [0.717, 1.165) is 17.1 Å². The van der Waals surface area contributed by atoms with Gasteiger partial charge in [0.2, 0.25) is 0 Å². The first-order valence-corrected chi connectivity index (χ1v) is 6.87. The zero-order chi connectivity index (χ0) is 15.1. The largest absolute Gasteiger partial charge is 0.497 e. The summed E-state index contributed by atoms with van der Waals surface area (Å²) < 4.78 is 10.6. The molecule has 5 nitrogen and oxygen atoms in total. The number of hydrogen-bond donors (Lipinski definition) is 3. The van der Waals surface area contributed by atoms with Gasteiger partial charge < -0.3 is 25.6 Å². The van der Waals surface area contributed by atoms with Crippen LogP contribution in [0.3, 0.4) is 0 Å². The maximum Gasteiger partial charge on any atom is 0.127 e. The third-order valence-electron chi connectivity index (χ3n) is 3.23. The van der Waals surface area contributed by atoms with Gasteiger partial charge in [0, 0.05) is 30.3 Å². The molecule has 0 aliphatic rings. The first kappa shape index (κ1) is 16.8. The average molecular weight is 282 g/mol. The summed E-state index contributed by atoms with van der Waals surface area (Å²) in [6, 6.07) is 5.83. The Balaban J connectivity index is 2.88. The van der Waals surface area contributed by atoms with Gasteiger partial charge in [0.1, 0.15) is 11.5 Å². The van der Waals surface area contributed by atoms with Crippen molar-refractivity contribution in [3.63, 3.8) is 0 Å². The molecular formula is C15H26N2O3. The maximum atomic E-state index is 9.44. The van der Waals surface area contributed by atoms with E-state index in [9.17, 15) is 5.11 Å². The number of nitrogens with one attached hydrogen (secondary N) is 1. The number of aliphatic hydroxyl groups is 1. The Morgan fingerprint density at radius 3 is 2.45 bits per heavy atom. The van der Waals surface area contributed by atoms with Crippen LogP contribution in [-0.2, 0) is 0 Å². The molecule has 3 unspecified atom stereocenters. The Kier molecular flexibility index (Phi) is 6.78. The number of aliphatic hydroxyl groups excluding tert-OH is 1. The predicted octanol–water partition coefficient (Wildman–Crippen LogP) is 1.45. The van der Waals surface area contributed by atoms with Crippen LogP contribution >= 0.6 is 0 Å². The maximum absolute atomic E-state index is 9.44. The second kappa shape index (κ2) is 8.09. The van der Waals surface area contributed by atoms with Gasteiger partial charge in [0.15, 0.2) is 0 Å². The lowest BCUT2D eigenvalue weighted by molar-refractivity contribution is 0.168. The normalized spacial score (nSPS) is 15.5. The Hall–Kier alpha value is -1.30. The SMILES string of the molecule is COc1ccc(C(CN)NC(C)CC(C)O)c(OC)c1. The Labute approximate surface area is 121 Å². The molecule has 1 rings (SSSR count). The van der Waals surface area contributed by atoms with Crippen molar-refractivity contribution in [3.8, 4) is 11.5 Å². The standard InChI is InChI=1S/C15H26N2O3/c1-10(7-11(2)18)17-14(9-16)13-6-5-12(19-3)8-15(13)20-4/h5-6,8,10-11,14,17-18H,7,9,16H2,1-4H3. The minimum Gasteiger partial charge on any atom is -0.497 e. The Morgan fingerprint density at radius 1 is 1.25 bits per heavy atom. The van der Waals surface area contributed by atoms with Gasteiger partial charge in [-0.2, -0.15) is 0 Å². The van der Waals surface area contributed by atoms with E-state index in [1.165, 1.54) is 0 Å². The highest BCUT2D eigenvalue weighted by molar-refractivity contribution is 5.42. The van der Waals surface area contributed by atoms with E-state index in [1.54, 1.807) is 21.1 Å². The van der Waals surface area contributed by atoms with E-state index >= 15 is 0 Å². The van der Waals surface area contributed by atoms with Crippen molar-refractivity contribution in [2.24, 2.45) is 5.73 Å². The summed E-state index contributed by atoms with van der Waals surface area (Å²) in [7, 11) is 3.25. The molecule has 114 valence electrons. The minimum absolute atomic E-state index is 0.0235. The summed E-state index contributed by atoms with van der Waals surface area (Å²) in [6.45, 7) is 4.27. The molecule has 5 heteroatoms. The number of rotatable bonds is 8. The molecule has 0 aromatic heterocycles. The van der Waals surface area contributed by atoms with Crippen molar-refractivity contribution in [3.05, 3.63) is 23.8 Å². The van der Waals surface area contributed by atoms with E-state index < -0.39 is 0 Å². The van der Waals surface area contributed by atoms with Crippen LogP contribution in [0.2, 0.25) is 0 Å². The van der Waals surface area contributed by atoms with E-state index in [4.69, 9.17) is 15.2 Å². The molecule has 4 N–H and O–H groups in total. The van der Waals surface area contributed by atoms with Crippen molar-refractivity contribution in [2.75, 3.05) is 20.8 Å². The van der Waals surface area contributed by atoms with Crippen LogP contribution in [0.4, 0.5) is 0 Å². The first-order valence-electron chi connectivity index (χ1n) is 6.87. The predicted molar refractivity (Wildman–Crippen MR) is 80.2 cm³/mol. The molecular weight excluding hydrogens is 256 g/mol. The van der Waals surface area contributed by atoms with Crippen LogP contribution in [0.1, 0.15) is 31.9 Å². The van der Waals surface area contributed by atoms with Gasteiger partial charge in [-0.15, -0.1) is 0 Å². The number of benzene rings is 1. The molecule has 0 aliphatic heterocycles. The van der Waals surface area contributed by atoms with Crippen molar-refractivity contribution in [2.45, 2.75) is 38.5 Å². The van der Waals surface area contributed by atoms with E-state index in [2.05, 4.69) is 5.32 Å². The molecule has 3 atom stereocenters. The van der Waals surface area contributed by atoms with Crippen molar-refractivity contribution in [1.82, 2.24) is 5.32 Å². The molecule has 1 aromatic carbocycles. The van der Waals surface area contributed by atoms with Gasteiger partial charge in [0.05, 0.1) is 20.3 Å². The molecule has 0 fully saturated rings. The topological polar surface area (TPSA) is 76.7 Å². The average Bonchev–Trinajstić information content (AvgIpc) is 2.43. The molecule has 20 heavy (non-hydrogen) atoms. The van der Waals surface area contributed by atoms with Gasteiger partial charge in [0.25, 0.3) is 0 Å². The second-order valence-corrected chi connectivity index (χ2v) is 5.05. The summed E-state index contributed by atoms with van der Waals surface area (Å²) >= 11 is 0. The van der Waals surface area contributed by atoms with Gasteiger partial charge in [-0.1, -0.05) is 6.07 Å². The van der Waals surface area contributed by atoms with E-state index in [1.807, 2.05) is 25.1 Å². The molecule has 0 amide bonds. The quantitative estimate of drug-likeness (QED) is 0.673. The van der Waals surface area contributed by atoms with Crippen LogP contribution in [-0.4, -0.2) is 38.0 Å². The van der Waals surface area contributed by atoms with Crippen molar-refractivity contribution < 1.29 is 14.6 Å². The summed E-state index contributed by atoms with van der Waals surface area (Å²) in [5.41, 5.74) is 6.86. The van der Waals surface area contributed by atoms with E-state index in [0.29, 0.717) is 13.0 Å². The number of ether oxygens (including phenoxy) is 2. The lowest BCUT2D eigenvalue weighted by Crippen LogP contribution is -2.36. The first-order chi connectivity index (χ1) is 9.51. The summed E-state index contributed by atoms with van der Waals surface area (Å²) in [5.74, 6) is 1.50. The summed E-state index contributed by atoms with van der Waals surface area (Å²) in [4.78, 5) is 0. The van der Waals surface area contributed by atoms with Crippen molar-refractivity contribution >= 4 is 0 Å². The third kappa shape index (κ3) is 4.67. The molecule has 0 heterocycles. The molecule has 0 radical (unpaired) electrons. The molecule has 0 bridgehead atoms. The Bertz CT molecular complexity index is 410. The van der Waals surface area contributed by atoms with Gasteiger partial charge >= 0.3 is 0 Å². The molecule has 0 aliphatic carbocycles. The van der Waals surface area contributed by atoms with Crippen LogP contribution < -0.4 is 20.5 Å². The third-order valence-corrected chi connectivity index (χ3v) is 3.23. The highest BCUT2D eigenvalue weighted by atomic mass is 16.5. The highest BCUT2D eigenvalue weighted by Gasteiger charge is 2.18. The zero-order valence-electron chi connectivity index (χ0n) is 12.7. The molecule has 0 saturated carbocycles. The van der Waals surface area contributed by atoms with Gasteiger partial charge in [-0.05, 0) is 26.3 Å². The zero-order valence-corrected chi connectivity index (χ0v) is 12.7. The lowest BCUT2D eigenvalue weighted by Gasteiger charge is -2.25. The van der Waals surface area contributed by atoms with Crippen LogP contribution in [0.25, 0.3) is 0 Å². The Morgan fingerprint density at radius 2 is 1.95 bits per heavy atom. The number of hydrogen-bond acceptors (Lipinski definition) is 5. The molecule has 0 spiro atoms. The second-order valence-electron chi connectivity index (χ2n) is 5.05. The molecule has 0 saturated heterocycles. The highest BCUT2D eigenvalue weighted by Crippen LogP contribution is 2.29. The fraction of sp³-hybridized carbons (Fsp3) is 0.600. The fourth-order valence-electron chi connectivity index (χ4n) is 2.31. The lowest BCUT2D eigenvalue weighted by atomic mass is 10.0. The summed E-state index contributed by atoms with van der Waals surface area (Å²) in [6.07, 6.45) is 0.336. The monoisotopic (exact) mass is 282 g/mol. The molecule has 1 aromatic rings. The van der Waals surface area contributed by atoms with Crippen LogP contribution in [0, 0.1) is 0 Å². The van der Waals surface area contributed by atoms with Gasteiger partial charge in [-0.3, -0.25) is 0 Å². The smallest absolute Gasteiger partial charge is 0.127 e. The van der Waals surface area contributed by atoms with Crippen LogP contribution in [0.5, 0.6) is 11.5 Å². The van der Waals surface area contributed by atoms with Crippen LogP contribution in [0.15, 0.2) is 18.2 Å². The van der Waals surface area contributed by atoms with Gasteiger partial charge in [-0.25, -0.2) is 0 Å². The number of nitrogens with two attached hydrogens (primary N) is 1. The van der Waals surface area contributed by atoms with Crippen molar-refractivity contribution in [1.29, 1.82) is 0 Å². The fourth-order valence-corrected chi connectivity index (χ4v) is 2.31. The van der Waals surface area contributed by atoms with E-state index in [-0.39, 0.29) is 18.2 Å². The minimum atomic E-state index is -0.339. The summed E-state index contributed by atoms with van der Waals surface area (Å²) in [5, 5.41) is 12.9.